The fourth-order valence-electron chi connectivity index (χ4n) is 1.04. The van der Waals surface area contributed by atoms with Crippen LogP contribution >= 0.6 is 0 Å². The first-order chi connectivity index (χ1) is 7.02. The van der Waals surface area contributed by atoms with E-state index in [0.717, 1.165) is 0 Å². The van der Waals surface area contributed by atoms with Crippen LogP contribution in [0.1, 0.15) is 20.8 Å². The van der Waals surface area contributed by atoms with E-state index in [4.69, 9.17) is 0 Å². The van der Waals surface area contributed by atoms with E-state index in [-0.39, 0.29) is 11.7 Å². The molecule has 0 fully saturated rings. The Morgan fingerprint density at radius 1 is 1.47 bits per heavy atom. The summed E-state index contributed by atoms with van der Waals surface area (Å²) in [7, 11) is 0. The Balaban J connectivity index is 2.89. The van der Waals surface area contributed by atoms with E-state index < -0.39 is 4.92 Å². The number of rotatable bonds is 4. The molecule has 1 atom stereocenters. The van der Waals surface area contributed by atoms with E-state index in [1.54, 1.807) is 12.3 Å². The zero-order chi connectivity index (χ0) is 11.4. The van der Waals surface area contributed by atoms with Gasteiger partial charge in [0.2, 0.25) is 5.82 Å². The summed E-state index contributed by atoms with van der Waals surface area (Å²) in [4.78, 5) is 14.2. The Morgan fingerprint density at radius 3 is 2.67 bits per heavy atom. The highest BCUT2D eigenvalue weighted by Gasteiger charge is 2.16. The molecular weight excluding hydrogens is 194 g/mol. The molecule has 82 valence electrons. The van der Waals surface area contributed by atoms with Crippen LogP contribution in [-0.2, 0) is 0 Å². The molecule has 5 heteroatoms. The Kier molecular flexibility index (Phi) is 3.60. The average Bonchev–Trinajstić information content (AvgIpc) is 2.18. The molecule has 1 N–H and O–H groups in total. The van der Waals surface area contributed by atoms with Crippen LogP contribution < -0.4 is 5.32 Å². The van der Waals surface area contributed by atoms with E-state index in [9.17, 15) is 10.1 Å². The van der Waals surface area contributed by atoms with Crippen LogP contribution in [0.2, 0.25) is 0 Å². The number of nitrogens with one attached hydrogen (secondary N) is 1. The monoisotopic (exact) mass is 209 g/mol. The van der Waals surface area contributed by atoms with Crippen LogP contribution in [0.15, 0.2) is 18.3 Å². The molecule has 0 saturated carbocycles. The first kappa shape index (κ1) is 11.4. The second-order valence-corrected chi connectivity index (χ2v) is 3.81. The molecule has 0 amide bonds. The number of anilines is 1. The largest absolute Gasteiger partial charge is 0.362 e. The standard InChI is InChI=1S/C10H15N3O2/c1-7(2)8(3)12-10-9(13(14)15)5-4-6-11-10/h4-8H,1-3H3,(H,11,12). The van der Waals surface area contributed by atoms with Crippen molar-refractivity contribution in [3.05, 3.63) is 28.4 Å². The van der Waals surface area contributed by atoms with Gasteiger partial charge < -0.3 is 5.32 Å². The summed E-state index contributed by atoms with van der Waals surface area (Å²) in [6.45, 7) is 6.07. The van der Waals surface area contributed by atoms with Crippen molar-refractivity contribution in [3.63, 3.8) is 0 Å². The van der Waals surface area contributed by atoms with Crippen LogP contribution in [-0.4, -0.2) is 15.9 Å². The normalized spacial score (nSPS) is 12.5. The summed E-state index contributed by atoms with van der Waals surface area (Å²) in [6.07, 6.45) is 1.54. The van der Waals surface area contributed by atoms with Gasteiger partial charge in [0.05, 0.1) is 4.92 Å². The molecule has 1 aromatic rings. The van der Waals surface area contributed by atoms with E-state index in [1.807, 2.05) is 20.8 Å². The Hall–Kier alpha value is -1.65. The average molecular weight is 209 g/mol. The van der Waals surface area contributed by atoms with Crippen LogP contribution in [0, 0.1) is 16.0 Å². The molecule has 1 unspecified atom stereocenters. The molecule has 5 nitrogen and oxygen atoms in total. The smallest absolute Gasteiger partial charge is 0.311 e. The van der Waals surface area contributed by atoms with Crippen molar-refractivity contribution < 1.29 is 4.92 Å². The van der Waals surface area contributed by atoms with Gasteiger partial charge in [-0.05, 0) is 18.9 Å². The van der Waals surface area contributed by atoms with E-state index in [2.05, 4.69) is 10.3 Å². The summed E-state index contributed by atoms with van der Waals surface area (Å²) in [5.74, 6) is 0.732. The van der Waals surface area contributed by atoms with Gasteiger partial charge in [0.25, 0.3) is 0 Å². The molecule has 1 aromatic heterocycles. The molecule has 15 heavy (non-hydrogen) atoms. The number of pyridine rings is 1. The van der Waals surface area contributed by atoms with Gasteiger partial charge in [-0.1, -0.05) is 13.8 Å². The number of nitro groups is 1. The lowest BCUT2D eigenvalue weighted by Crippen LogP contribution is -2.22. The van der Waals surface area contributed by atoms with Gasteiger partial charge in [0.1, 0.15) is 0 Å². The maximum atomic E-state index is 10.7. The molecule has 0 aliphatic heterocycles. The first-order valence-electron chi connectivity index (χ1n) is 4.88. The zero-order valence-electron chi connectivity index (χ0n) is 9.10. The van der Waals surface area contributed by atoms with Crippen molar-refractivity contribution >= 4 is 11.5 Å². The highest BCUT2D eigenvalue weighted by molar-refractivity contribution is 5.55. The summed E-state index contributed by atoms with van der Waals surface area (Å²) in [5.41, 5.74) is 0.0185. The summed E-state index contributed by atoms with van der Waals surface area (Å²) in [5, 5.41) is 13.7. The first-order valence-corrected chi connectivity index (χ1v) is 4.88. The number of aromatic nitrogens is 1. The maximum absolute atomic E-state index is 10.7. The van der Waals surface area contributed by atoms with Gasteiger partial charge in [-0.15, -0.1) is 0 Å². The summed E-state index contributed by atoms with van der Waals surface area (Å²) >= 11 is 0. The quantitative estimate of drug-likeness (QED) is 0.610. The van der Waals surface area contributed by atoms with Gasteiger partial charge >= 0.3 is 5.69 Å². The van der Waals surface area contributed by atoms with E-state index >= 15 is 0 Å². The van der Waals surface area contributed by atoms with Crippen LogP contribution in [0.25, 0.3) is 0 Å². The van der Waals surface area contributed by atoms with Crippen LogP contribution in [0.5, 0.6) is 0 Å². The fourth-order valence-corrected chi connectivity index (χ4v) is 1.04. The van der Waals surface area contributed by atoms with Crippen molar-refractivity contribution in [3.8, 4) is 0 Å². The predicted octanol–water partition coefficient (Wildman–Crippen LogP) is 2.45. The van der Waals surface area contributed by atoms with Crippen molar-refractivity contribution in [2.45, 2.75) is 26.8 Å². The SMILES string of the molecule is CC(C)C(C)Nc1ncccc1[N+](=O)[O-]. The highest BCUT2D eigenvalue weighted by atomic mass is 16.6. The molecule has 0 aliphatic rings. The molecular formula is C10H15N3O2. The minimum Gasteiger partial charge on any atom is -0.362 e. The van der Waals surface area contributed by atoms with Gasteiger partial charge in [0, 0.05) is 18.3 Å². The molecule has 1 heterocycles. The van der Waals surface area contributed by atoms with E-state index in [0.29, 0.717) is 11.7 Å². The van der Waals surface area contributed by atoms with Crippen molar-refractivity contribution in [2.75, 3.05) is 5.32 Å². The van der Waals surface area contributed by atoms with Crippen molar-refractivity contribution in [1.29, 1.82) is 0 Å². The lowest BCUT2D eigenvalue weighted by atomic mass is 10.1. The fraction of sp³-hybridized carbons (Fsp3) is 0.500. The Labute approximate surface area is 88.7 Å². The van der Waals surface area contributed by atoms with E-state index in [1.165, 1.54) is 6.07 Å². The molecule has 0 spiro atoms. The molecule has 0 bridgehead atoms. The minimum atomic E-state index is -0.428. The second kappa shape index (κ2) is 4.72. The molecule has 0 saturated heterocycles. The Morgan fingerprint density at radius 2 is 2.13 bits per heavy atom. The minimum absolute atomic E-state index is 0.0185. The number of hydrogen-bond acceptors (Lipinski definition) is 4. The maximum Gasteiger partial charge on any atom is 0.311 e. The third-order valence-electron chi connectivity index (χ3n) is 2.35. The number of hydrogen-bond donors (Lipinski definition) is 1. The summed E-state index contributed by atoms with van der Waals surface area (Å²) in [6, 6.07) is 3.16. The van der Waals surface area contributed by atoms with Crippen molar-refractivity contribution in [2.24, 2.45) is 5.92 Å². The lowest BCUT2D eigenvalue weighted by Gasteiger charge is -2.17. The van der Waals surface area contributed by atoms with Gasteiger partial charge in [-0.3, -0.25) is 10.1 Å². The van der Waals surface area contributed by atoms with Crippen LogP contribution in [0.3, 0.4) is 0 Å². The lowest BCUT2D eigenvalue weighted by molar-refractivity contribution is -0.384. The van der Waals surface area contributed by atoms with Crippen molar-refractivity contribution in [1.82, 2.24) is 4.98 Å². The highest BCUT2D eigenvalue weighted by Crippen LogP contribution is 2.22. The van der Waals surface area contributed by atoms with Crippen LogP contribution in [0.4, 0.5) is 11.5 Å². The van der Waals surface area contributed by atoms with Gasteiger partial charge in [-0.2, -0.15) is 0 Å². The number of nitrogens with zero attached hydrogens (tertiary/aromatic N) is 2. The summed E-state index contributed by atoms with van der Waals surface area (Å²) < 4.78 is 0. The Bertz CT molecular complexity index is 352. The zero-order valence-corrected chi connectivity index (χ0v) is 9.10. The van der Waals surface area contributed by atoms with Gasteiger partial charge in [-0.25, -0.2) is 4.98 Å². The third-order valence-corrected chi connectivity index (χ3v) is 2.35. The predicted molar refractivity (Wildman–Crippen MR) is 58.8 cm³/mol. The molecule has 0 aromatic carbocycles. The topological polar surface area (TPSA) is 68.1 Å². The second-order valence-electron chi connectivity index (χ2n) is 3.81. The molecule has 0 radical (unpaired) electrons. The third kappa shape index (κ3) is 2.90. The van der Waals surface area contributed by atoms with Gasteiger partial charge in [0.15, 0.2) is 0 Å². The molecule has 0 aliphatic carbocycles. The molecule has 1 rings (SSSR count).